The van der Waals surface area contributed by atoms with Crippen molar-refractivity contribution in [2.45, 2.75) is 18.2 Å². The lowest BCUT2D eigenvalue weighted by Gasteiger charge is -2.11. The Kier molecular flexibility index (Phi) is 4.37. The summed E-state index contributed by atoms with van der Waals surface area (Å²) in [5, 5.41) is 8.84. The van der Waals surface area contributed by atoms with E-state index in [4.69, 9.17) is 5.26 Å². The van der Waals surface area contributed by atoms with Gasteiger partial charge in [0.15, 0.2) is 9.84 Å². The molecule has 8 heteroatoms. The molecule has 2 rings (SSSR count). The van der Waals surface area contributed by atoms with Gasteiger partial charge in [-0.25, -0.2) is 21.6 Å². The van der Waals surface area contributed by atoms with Crippen LogP contribution in [-0.4, -0.2) is 34.9 Å². The summed E-state index contributed by atoms with van der Waals surface area (Å²) in [6.07, 6.45) is 0.483. The molecule has 0 bridgehead atoms. The standard InChI is InChI=1S/C13H16N2O4S2/c1-10-6-13(3-2-12(10)7-14)21(18,19)15-8-11-4-5-20(16,17)9-11/h2-3,6,11,15H,4-5,8-9H2,1H3. The largest absolute Gasteiger partial charge is 0.240 e. The van der Waals surface area contributed by atoms with Crippen molar-refractivity contribution in [3.05, 3.63) is 29.3 Å². The SMILES string of the molecule is Cc1cc(S(=O)(=O)NCC2CCS(=O)(=O)C2)ccc1C#N. The fraction of sp³-hybridized carbons (Fsp3) is 0.462. The Balaban J connectivity index is 2.09. The van der Waals surface area contributed by atoms with Crippen LogP contribution in [0.5, 0.6) is 0 Å². The predicted molar refractivity (Wildman–Crippen MR) is 77.8 cm³/mol. The second-order valence-electron chi connectivity index (χ2n) is 5.21. The maximum atomic E-state index is 12.2. The smallest absolute Gasteiger partial charge is 0.229 e. The predicted octanol–water partition coefficient (Wildman–Crippen LogP) is 0.580. The molecule has 6 nitrogen and oxygen atoms in total. The van der Waals surface area contributed by atoms with Crippen molar-refractivity contribution in [3.8, 4) is 6.07 Å². The molecular weight excluding hydrogens is 312 g/mol. The van der Waals surface area contributed by atoms with E-state index in [1.165, 1.54) is 18.2 Å². The third kappa shape index (κ3) is 3.81. The highest BCUT2D eigenvalue weighted by Gasteiger charge is 2.29. The Morgan fingerprint density at radius 3 is 2.67 bits per heavy atom. The summed E-state index contributed by atoms with van der Waals surface area (Å²) < 4.78 is 49.4. The highest BCUT2D eigenvalue weighted by Crippen LogP contribution is 2.19. The van der Waals surface area contributed by atoms with Gasteiger partial charge in [-0.1, -0.05) is 0 Å². The van der Waals surface area contributed by atoms with E-state index in [-0.39, 0.29) is 28.9 Å². The van der Waals surface area contributed by atoms with E-state index in [1.54, 1.807) is 6.92 Å². The van der Waals surface area contributed by atoms with Crippen molar-refractivity contribution in [2.24, 2.45) is 5.92 Å². The van der Waals surface area contributed by atoms with E-state index >= 15 is 0 Å². The van der Waals surface area contributed by atoms with Crippen molar-refractivity contribution >= 4 is 19.9 Å². The van der Waals surface area contributed by atoms with Crippen LogP contribution in [0, 0.1) is 24.2 Å². The number of benzene rings is 1. The molecule has 0 spiro atoms. The first kappa shape index (κ1) is 15.9. The van der Waals surface area contributed by atoms with Gasteiger partial charge in [0.05, 0.1) is 28.0 Å². The summed E-state index contributed by atoms with van der Waals surface area (Å²) in [6.45, 7) is 1.78. The minimum absolute atomic E-state index is 0.0297. The summed E-state index contributed by atoms with van der Waals surface area (Å²) in [5.41, 5.74) is 1.01. The van der Waals surface area contributed by atoms with E-state index in [2.05, 4.69) is 4.72 Å². The van der Waals surface area contributed by atoms with Gasteiger partial charge in [0.1, 0.15) is 0 Å². The minimum Gasteiger partial charge on any atom is -0.229 e. The summed E-state index contributed by atoms with van der Waals surface area (Å²) >= 11 is 0. The van der Waals surface area contributed by atoms with Gasteiger partial charge in [0.25, 0.3) is 0 Å². The maximum Gasteiger partial charge on any atom is 0.240 e. The van der Waals surface area contributed by atoms with Gasteiger partial charge in [-0.05, 0) is 43.0 Å². The average molecular weight is 328 g/mol. The second kappa shape index (κ2) is 5.75. The number of hydrogen-bond acceptors (Lipinski definition) is 5. The number of hydrogen-bond donors (Lipinski definition) is 1. The Bertz CT molecular complexity index is 792. The van der Waals surface area contributed by atoms with Gasteiger partial charge in [-0.3, -0.25) is 0 Å². The Hall–Kier alpha value is -1.43. The van der Waals surface area contributed by atoms with Crippen LogP contribution >= 0.6 is 0 Å². The fourth-order valence-electron chi connectivity index (χ4n) is 2.27. The van der Waals surface area contributed by atoms with Crippen LogP contribution in [0.4, 0.5) is 0 Å². The average Bonchev–Trinajstić information content (AvgIpc) is 2.76. The molecule has 1 fully saturated rings. The fourth-order valence-corrected chi connectivity index (χ4v) is 5.34. The molecule has 1 aromatic carbocycles. The molecule has 1 aromatic rings. The van der Waals surface area contributed by atoms with Crippen LogP contribution in [0.2, 0.25) is 0 Å². The minimum atomic E-state index is -3.69. The molecule has 0 amide bonds. The first-order valence-corrected chi connectivity index (χ1v) is 9.75. The lowest BCUT2D eigenvalue weighted by molar-refractivity contribution is 0.543. The van der Waals surface area contributed by atoms with Crippen LogP contribution < -0.4 is 4.72 Å². The third-order valence-electron chi connectivity index (χ3n) is 3.52. The van der Waals surface area contributed by atoms with Crippen LogP contribution in [0.15, 0.2) is 23.1 Å². The zero-order valence-corrected chi connectivity index (χ0v) is 13.2. The summed E-state index contributed by atoms with van der Waals surface area (Å²) in [5.74, 6) is -0.0265. The first-order valence-electron chi connectivity index (χ1n) is 6.44. The molecule has 0 aliphatic carbocycles. The number of sulfone groups is 1. The van der Waals surface area contributed by atoms with Gasteiger partial charge in [0.2, 0.25) is 10.0 Å². The quantitative estimate of drug-likeness (QED) is 0.870. The Labute approximate surface area is 124 Å². The van der Waals surface area contributed by atoms with E-state index in [1.807, 2.05) is 6.07 Å². The van der Waals surface area contributed by atoms with Crippen LogP contribution in [0.25, 0.3) is 0 Å². The zero-order chi connectivity index (χ0) is 15.7. The lowest BCUT2D eigenvalue weighted by atomic mass is 10.1. The van der Waals surface area contributed by atoms with Crippen LogP contribution in [-0.2, 0) is 19.9 Å². The van der Waals surface area contributed by atoms with Gasteiger partial charge < -0.3 is 0 Å². The van der Waals surface area contributed by atoms with Crippen molar-refractivity contribution < 1.29 is 16.8 Å². The number of nitrogens with one attached hydrogen (secondary N) is 1. The van der Waals surface area contributed by atoms with Crippen LogP contribution in [0.3, 0.4) is 0 Å². The van der Waals surface area contributed by atoms with E-state index in [9.17, 15) is 16.8 Å². The zero-order valence-electron chi connectivity index (χ0n) is 11.5. The van der Waals surface area contributed by atoms with E-state index in [0.717, 1.165) is 0 Å². The number of nitriles is 1. The van der Waals surface area contributed by atoms with Crippen molar-refractivity contribution in [2.75, 3.05) is 18.1 Å². The number of sulfonamides is 1. The number of nitrogens with zero attached hydrogens (tertiary/aromatic N) is 1. The lowest BCUT2D eigenvalue weighted by Crippen LogP contribution is -2.30. The van der Waals surface area contributed by atoms with Crippen LogP contribution in [0.1, 0.15) is 17.5 Å². The normalized spacial score (nSPS) is 21.0. The van der Waals surface area contributed by atoms with Crippen molar-refractivity contribution in [3.63, 3.8) is 0 Å². The molecule has 21 heavy (non-hydrogen) atoms. The van der Waals surface area contributed by atoms with Gasteiger partial charge in [-0.15, -0.1) is 0 Å². The summed E-state index contributed by atoms with van der Waals surface area (Å²) in [7, 11) is -6.70. The molecule has 1 atom stereocenters. The Morgan fingerprint density at radius 2 is 2.14 bits per heavy atom. The topological polar surface area (TPSA) is 104 Å². The molecule has 1 heterocycles. The summed E-state index contributed by atoms with van der Waals surface area (Å²) in [6, 6.07) is 6.25. The molecule has 0 radical (unpaired) electrons. The van der Waals surface area contributed by atoms with Gasteiger partial charge >= 0.3 is 0 Å². The molecule has 0 saturated carbocycles. The maximum absolute atomic E-state index is 12.2. The van der Waals surface area contributed by atoms with Gasteiger partial charge in [-0.2, -0.15) is 5.26 Å². The second-order valence-corrected chi connectivity index (χ2v) is 9.21. The highest BCUT2D eigenvalue weighted by atomic mass is 32.2. The third-order valence-corrected chi connectivity index (χ3v) is 6.78. The molecule has 1 N–H and O–H groups in total. The molecule has 1 aliphatic heterocycles. The number of rotatable bonds is 4. The van der Waals surface area contributed by atoms with Crippen molar-refractivity contribution in [1.82, 2.24) is 4.72 Å². The summed E-state index contributed by atoms with van der Waals surface area (Å²) in [4.78, 5) is 0.0832. The number of aryl methyl sites for hydroxylation is 1. The molecule has 1 aliphatic rings. The van der Waals surface area contributed by atoms with E-state index < -0.39 is 19.9 Å². The molecule has 114 valence electrons. The van der Waals surface area contributed by atoms with Gasteiger partial charge in [0, 0.05) is 6.54 Å². The molecular formula is C13H16N2O4S2. The van der Waals surface area contributed by atoms with E-state index in [0.29, 0.717) is 17.5 Å². The van der Waals surface area contributed by atoms with Crippen molar-refractivity contribution in [1.29, 1.82) is 5.26 Å². The molecule has 1 unspecified atom stereocenters. The molecule has 0 aromatic heterocycles. The first-order chi connectivity index (χ1) is 9.73. The Morgan fingerprint density at radius 1 is 1.43 bits per heavy atom. The highest BCUT2D eigenvalue weighted by molar-refractivity contribution is 7.91. The molecule has 1 saturated heterocycles. The monoisotopic (exact) mass is 328 g/mol.